The number of likely N-dealkylation sites (N-methyl/N-ethyl adjacent to an activating group) is 1. The Labute approximate surface area is 210 Å². The van der Waals surface area contributed by atoms with E-state index in [1.54, 1.807) is 0 Å². The van der Waals surface area contributed by atoms with Crippen LogP contribution in [0.5, 0.6) is 0 Å². The van der Waals surface area contributed by atoms with Crippen molar-refractivity contribution in [3.8, 4) is 0 Å². The maximum atomic E-state index is 6.85. The van der Waals surface area contributed by atoms with Crippen LogP contribution in [-0.2, 0) is 10.8 Å². The van der Waals surface area contributed by atoms with Crippen LogP contribution in [-0.4, -0.2) is 14.1 Å². The largest absolute Gasteiger partial charge is 0.347 e. The van der Waals surface area contributed by atoms with Crippen LogP contribution in [0, 0.1) is 0 Å². The van der Waals surface area contributed by atoms with E-state index in [-0.39, 0.29) is 10.8 Å². The number of nitrogens with zero attached hydrogens (tertiary/aromatic N) is 1. The number of fused-ring (bicyclic) bond motifs is 1. The SMILES string of the molecule is C[NH2+]c1ccccc1C(C)(C)C/C=C/C1=C(Cl)C(=C/C=C2\N(C)c3ccccc3C2(C)C)/CC1. The first-order valence-electron chi connectivity index (χ1n) is 12.4. The molecule has 2 aliphatic rings. The predicted molar refractivity (Wildman–Crippen MR) is 147 cm³/mol. The van der Waals surface area contributed by atoms with Crippen LogP contribution in [0.3, 0.4) is 0 Å². The van der Waals surface area contributed by atoms with Crippen LogP contribution in [0.4, 0.5) is 11.4 Å². The van der Waals surface area contributed by atoms with Crippen molar-refractivity contribution >= 4 is 23.0 Å². The zero-order chi connectivity index (χ0) is 24.5. The first-order valence-corrected chi connectivity index (χ1v) is 12.7. The number of benzene rings is 2. The van der Waals surface area contributed by atoms with Gasteiger partial charge in [0.25, 0.3) is 0 Å². The third-order valence-corrected chi connectivity index (χ3v) is 8.04. The highest BCUT2D eigenvalue weighted by molar-refractivity contribution is 6.33. The lowest BCUT2D eigenvalue weighted by Crippen LogP contribution is -2.73. The molecule has 0 saturated carbocycles. The van der Waals surface area contributed by atoms with Crippen LogP contribution in [0.2, 0.25) is 0 Å². The highest BCUT2D eigenvalue weighted by Crippen LogP contribution is 2.47. The average molecular weight is 474 g/mol. The Morgan fingerprint density at radius 2 is 1.74 bits per heavy atom. The lowest BCUT2D eigenvalue weighted by Gasteiger charge is -2.24. The van der Waals surface area contributed by atoms with Crippen LogP contribution in [0.15, 0.2) is 94.7 Å². The third-order valence-electron chi connectivity index (χ3n) is 7.56. The van der Waals surface area contributed by atoms with Gasteiger partial charge in [-0.2, -0.15) is 0 Å². The summed E-state index contributed by atoms with van der Waals surface area (Å²) in [4.78, 5) is 2.31. The van der Waals surface area contributed by atoms with Crippen molar-refractivity contribution in [1.29, 1.82) is 0 Å². The Balaban J connectivity index is 1.51. The van der Waals surface area contributed by atoms with Crippen molar-refractivity contribution in [3.05, 3.63) is 106 Å². The Hall–Kier alpha value is -2.55. The van der Waals surface area contributed by atoms with Gasteiger partial charge in [-0.05, 0) is 59.6 Å². The second kappa shape index (κ2) is 9.60. The summed E-state index contributed by atoms with van der Waals surface area (Å²) in [5, 5.41) is 3.12. The van der Waals surface area contributed by atoms with Gasteiger partial charge in [-0.3, -0.25) is 0 Å². The molecule has 3 heteroatoms. The minimum atomic E-state index is -0.0161. The van der Waals surface area contributed by atoms with Crippen molar-refractivity contribution in [2.24, 2.45) is 0 Å². The number of hydrogen-bond donors (Lipinski definition) is 1. The van der Waals surface area contributed by atoms with Crippen molar-refractivity contribution in [2.45, 2.75) is 57.8 Å². The molecular weight excluding hydrogens is 436 g/mol. The Morgan fingerprint density at radius 3 is 2.47 bits per heavy atom. The van der Waals surface area contributed by atoms with Crippen LogP contribution in [0.25, 0.3) is 0 Å². The van der Waals surface area contributed by atoms with Gasteiger partial charge in [0.15, 0.2) is 0 Å². The summed E-state index contributed by atoms with van der Waals surface area (Å²) in [7, 11) is 4.27. The molecule has 0 unspecified atom stereocenters. The maximum absolute atomic E-state index is 6.85. The van der Waals surface area contributed by atoms with E-state index in [2.05, 4.69) is 125 Å². The van der Waals surface area contributed by atoms with Gasteiger partial charge < -0.3 is 10.2 Å². The Bertz CT molecular complexity index is 1190. The fourth-order valence-electron chi connectivity index (χ4n) is 5.46. The van der Waals surface area contributed by atoms with E-state index in [9.17, 15) is 0 Å². The number of para-hydroxylation sites is 2. The standard InChI is InChI=1S/C31H37ClN2/c1-30(2,24-13-7-9-15-26(24)33-5)21-11-12-22-17-18-23(29(22)32)19-20-28-31(3,4)25-14-8-10-16-27(25)34(28)6/h7-16,19-20,33H,17-18,21H2,1-6H3/p+1/b12-11+,23-19+,28-20-. The quantitative estimate of drug-likeness (QED) is 0.437. The summed E-state index contributed by atoms with van der Waals surface area (Å²) in [6.45, 7) is 9.24. The lowest BCUT2D eigenvalue weighted by atomic mass is 9.80. The molecule has 0 fully saturated rings. The number of quaternary nitrogens is 1. The molecule has 1 aliphatic carbocycles. The van der Waals surface area contributed by atoms with Gasteiger partial charge in [-0.25, -0.2) is 0 Å². The third kappa shape index (κ3) is 4.54. The maximum Gasteiger partial charge on any atom is 0.133 e. The van der Waals surface area contributed by atoms with Crippen molar-refractivity contribution in [1.82, 2.24) is 0 Å². The molecule has 4 rings (SSSR count). The zero-order valence-corrected chi connectivity index (χ0v) is 22.2. The van der Waals surface area contributed by atoms with Crippen LogP contribution < -0.4 is 10.2 Å². The molecule has 2 N–H and O–H groups in total. The highest BCUT2D eigenvalue weighted by atomic mass is 35.5. The molecule has 0 saturated heterocycles. The molecule has 2 aromatic rings. The molecule has 34 heavy (non-hydrogen) atoms. The predicted octanol–water partition coefficient (Wildman–Crippen LogP) is 7.26. The lowest BCUT2D eigenvalue weighted by molar-refractivity contribution is -0.540. The smallest absolute Gasteiger partial charge is 0.133 e. The van der Waals surface area contributed by atoms with E-state index in [1.807, 2.05) is 0 Å². The van der Waals surface area contributed by atoms with Crippen molar-refractivity contribution in [2.75, 3.05) is 19.0 Å². The second-order valence-electron chi connectivity index (χ2n) is 10.7. The van der Waals surface area contributed by atoms with Gasteiger partial charge in [-0.1, -0.05) is 93.9 Å². The van der Waals surface area contributed by atoms with Gasteiger partial charge in [0.1, 0.15) is 5.69 Å². The summed E-state index contributed by atoms with van der Waals surface area (Å²) < 4.78 is 0. The normalized spacial score (nSPS) is 20.3. The molecule has 0 amide bonds. The van der Waals surface area contributed by atoms with E-state index < -0.39 is 0 Å². The summed E-state index contributed by atoms with van der Waals surface area (Å²) in [6.07, 6.45) is 12.0. The zero-order valence-electron chi connectivity index (χ0n) is 21.5. The summed E-state index contributed by atoms with van der Waals surface area (Å²) >= 11 is 6.85. The monoisotopic (exact) mass is 473 g/mol. The molecule has 0 radical (unpaired) electrons. The van der Waals surface area contributed by atoms with Crippen LogP contribution >= 0.6 is 11.6 Å². The second-order valence-corrected chi connectivity index (χ2v) is 11.0. The van der Waals surface area contributed by atoms with E-state index >= 15 is 0 Å². The number of anilines is 1. The minimum absolute atomic E-state index is 0.0161. The molecule has 1 heterocycles. The molecule has 0 atom stereocenters. The van der Waals surface area contributed by atoms with Gasteiger partial charge in [-0.15, -0.1) is 0 Å². The van der Waals surface area contributed by atoms with Crippen LogP contribution in [0.1, 0.15) is 58.1 Å². The number of halogens is 1. The summed E-state index contributed by atoms with van der Waals surface area (Å²) in [6, 6.07) is 17.4. The van der Waals surface area contributed by atoms with Gasteiger partial charge in [0.05, 0.1) is 7.05 Å². The molecule has 2 nitrogen and oxygen atoms in total. The number of nitrogens with two attached hydrogens (primary N) is 1. The molecule has 178 valence electrons. The molecule has 1 aliphatic heterocycles. The number of hydrogen-bond acceptors (Lipinski definition) is 1. The number of allylic oxidation sites excluding steroid dienone is 8. The molecule has 0 bridgehead atoms. The molecule has 0 aromatic heterocycles. The van der Waals surface area contributed by atoms with E-state index in [1.165, 1.54) is 39.3 Å². The highest BCUT2D eigenvalue weighted by Gasteiger charge is 2.37. The Morgan fingerprint density at radius 1 is 1.03 bits per heavy atom. The van der Waals surface area contributed by atoms with E-state index in [0.717, 1.165) is 24.3 Å². The topological polar surface area (TPSA) is 19.9 Å². The van der Waals surface area contributed by atoms with Crippen molar-refractivity contribution in [3.63, 3.8) is 0 Å². The van der Waals surface area contributed by atoms with Gasteiger partial charge in [0.2, 0.25) is 0 Å². The average Bonchev–Trinajstić information content (AvgIpc) is 3.26. The van der Waals surface area contributed by atoms with E-state index in [0.29, 0.717) is 0 Å². The molecule has 2 aromatic carbocycles. The minimum Gasteiger partial charge on any atom is -0.347 e. The molecule has 0 spiro atoms. The van der Waals surface area contributed by atoms with Gasteiger partial charge in [0, 0.05) is 34.4 Å². The first kappa shape index (κ1) is 24.6. The molecular formula is C31H38ClN2+. The van der Waals surface area contributed by atoms with Gasteiger partial charge >= 0.3 is 0 Å². The fraction of sp³-hybridized carbons (Fsp3) is 0.355. The summed E-state index contributed by atoms with van der Waals surface area (Å²) in [5.41, 5.74) is 9.23. The number of rotatable bonds is 6. The summed E-state index contributed by atoms with van der Waals surface area (Å²) in [5.74, 6) is 0. The Kier molecular flexibility index (Phi) is 6.94. The fourth-order valence-corrected chi connectivity index (χ4v) is 5.78. The van der Waals surface area contributed by atoms with Crippen molar-refractivity contribution < 1.29 is 5.32 Å². The van der Waals surface area contributed by atoms with E-state index in [4.69, 9.17) is 11.6 Å². The first-order chi connectivity index (χ1) is 16.2.